The number of carbonyl (C=O) groups excluding carboxylic acids is 2. The van der Waals surface area contributed by atoms with E-state index < -0.39 is 12.1 Å². The molecule has 3 atom stereocenters. The Kier molecular flexibility index (Phi) is 3.93. The second kappa shape index (κ2) is 5.71. The highest BCUT2D eigenvalue weighted by atomic mass is 35.5. The van der Waals surface area contributed by atoms with Crippen molar-refractivity contribution in [3.63, 3.8) is 0 Å². The number of nitrogens with zero attached hydrogens (tertiary/aromatic N) is 1. The third kappa shape index (κ3) is 2.66. The molecule has 1 aromatic rings. The number of halogens is 1. The summed E-state index contributed by atoms with van der Waals surface area (Å²) in [5.41, 5.74) is 6.64. The molecule has 0 spiro atoms. The van der Waals surface area contributed by atoms with Crippen molar-refractivity contribution in [2.24, 2.45) is 5.73 Å². The maximum absolute atomic E-state index is 12.2. The first-order chi connectivity index (χ1) is 10.1. The van der Waals surface area contributed by atoms with Crippen LogP contribution >= 0.6 is 23.4 Å². The van der Waals surface area contributed by atoms with Gasteiger partial charge in [-0.15, -0.1) is 11.8 Å². The maximum atomic E-state index is 12.2. The summed E-state index contributed by atoms with van der Waals surface area (Å²) >= 11 is 7.43. The molecule has 5 nitrogen and oxygen atoms in total. The molecule has 1 fully saturated rings. The van der Waals surface area contributed by atoms with E-state index in [1.165, 1.54) is 11.8 Å². The van der Waals surface area contributed by atoms with Crippen LogP contribution in [0.1, 0.15) is 11.6 Å². The monoisotopic (exact) mass is 323 g/mol. The fourth-order valence-electron chi connectivity index (χ4n) is 2.34. The quantitative estimate of drug-likeness (QED) is 0.819. The van der Waals surface area contributed by atoms with Crippen LogP contribution in [0.25, 0.3) is 0 Å². The molecule has 110 valence electrons. The van der Waals surface area contributed by atoms with Crippen molar-refractivity contribution >= 4 is 35.2 Å². The molecule has 1 saturated heterocycles. The van der Waals surface area contributed by atoms with Gasteiger partial charge in [-0.3, -0.25) is 9.59 Å². The highest BCUT2D eigenvalue weighted by molar-refractivity contribution is 8.00. The molecular weight excluding hydrogens is 310 g/mol. The number of amides is 2. The largest absolute Gasteiger partial charge is 0.340 e. The molecule has 0 radical (unpaired) electrons. The van der Waals surface area contributed by atoms with Crippen LogP contribution in [0.15, 0.2) is 41.6 Å². The predicted octanol–water partition coefficient (Wildman–Crippen LogP) is 1.17. The highest BCUT2D eigenvalue weighted by Crippen LogP contribution is 2.37. The lowest BCUT2D eigenvalue weighted by Gasteiger charge is -2.47. The minimum Gasteiger partial charge on any atom is -0.340 e. The Balaban J connectivity index is 1.65. The minimum atomic E-state index is -0.777. The van der Waals surface area contributed by atoms with E-state index in [1.54, 1.807) is 23.2 Å². The number of nitrogens with one attached hydrogen (secondary N) is 1. The van der Waals surface area contributed by atoms with Gasteiger partial charge in [0.1, 0.15) is 17.5 Å². The van der Waals surface area contributed by atoms with E-state index >= 15 is 0 Å². The fraction of sp³-hybridized carbons (Fsp3) is 0.286. The molecule has 3 rings (SSSR count). The number of β-lactam (4-membered cyclic amide) rings is 1. The van der Waals surface area contributed by atoms with Gasteiger partial charge in [0.15, 0.2) is 0 Å². The number of rotatable bonds is 3. The van der Waals surface area contributed by atoms with Crippen molar-refractivity contribution in [3.05, 3.63) is 47.1 Å². The Morgan fingerprint density at radius 1 is 1.43 bits per heavy atom. The topological polar surface area (TPSA) is 75.4 Å². The Hall–Kier alpha value is -1.50. The van der Waals surface area contributed by atoms with Gasteiger partial charge in [-0.2, -0.15) is 0 Å². The summed E-state index contributed by atoms with van der Waals surface area (Å²) < 4.78 is 0. The molecule has 0 unspecified atom stereocenters. The van der Waals surface area contributed by atoms with E-state index in [0.717, 1.165) is 5.56 Å². The van der Waals surface area contributed by atoms with Gasteiger partial charge in [0, 0.05) is 17.0 Å². The number of hydrogen-bond donors (Lipinski definition) is 2. The van der Waals surface area contributed by atoms with Crippen LogP contribution in [0.2, 0.25) is 0 Å². The van der Waals surface area contributed by atoms with Crippen LogP contribution in [0, 0.1) is 0 Å². The standard InChI is InChI=1S/C14H14ClN3O2S/c15-9-6-18-13(20)11(14(18)21-7-9)17-12(19)10(16)8-4-2-1-3-5-8/h1-6,10-11,14H,7,16H2,(H,17,19)/t10-,11+,14+/m1/s1. The van der Waals surface area contributed by atoms with E-state index in [1.807, 2.05) is 18.2 Å². The molecule has 3 N–H and O–H groups in total. The molecular formula is C14H14ClN3O2S. The van der Waals surface area contributed by atoms with Gasteiger partial charge in [0.25, 0.3) is 5.91 Å². The van der Waals surface area contributed by atoms with Gasteiger partial charge in [0.2, 0.25) is 5.91 Å². The van der Waals surface area contributed by atoms with Crippen LogP contribution in [0.5, 0.6) is 0 Å². The molecule has 0 aromatic heterocycles. The predicted molar refractivity (Wildman–Crippen MR) is 82.3 cm³/mol. The fourth-order valence-corrected chi connectivity index (χ4v) is 3.74. The van der Waals surface area contributed by atoms with E-state index in [-0.39, 0.29) is 17.2 Å². The Bertz CT molecular complexity index is 607. The molecule has 2 aliphatic heterocycles. The van der Waals surface area contributed by atoms with E-state index in [4.69, 9.17) is 17.3 Å². The number of nitrogens with two attached hydrogens (primary N) is 1. The summed E-state index contributed by atoms with van der Waals surface area (Å²) in [7, 11) is 0. The van der Waals surface area contributed by atoms with Gasteiger partial charge >= 0.3 is 0 Å². The molecule has 2 heterocycles. The second-order valence-corrected chi connectivity index (χ2v) is 6.49. The van der Waals surface area contributed by atoms with Gasteiger partial charge in [-0.25, -0.2) is 0 Å². The van der Waals surface area contributed by atoms with Crippen molar-refractivity contribution in [1.29, 1.82) is 0 Å². The van der Waals surface area contributed by atoms with E-state index in [9.17, 15) is 9.59 Å². The van der Waals surface area contributed by atoms with Gasteiger partial charge in [0.05, 0.1) is 0 Å². The van der Waals surface area contributed by atoms with Gasteiger partial charge in [-0.1, -0.05) is 41.9 Å². The lowest BCUT2D eigenvalue weighted by Crippen LogP contribution is -2.68. The number of benzene rings is 1. The molecule has 0 aliphatic carbocycles. The summed E-state index contributed by atoms with van der Waals surface area (Å²) in [5, 5.41) is 3.27. The third-order valence-electron chi connectivity index (χ3n) is 3.49. The zero-order valence-corrected chi connectivity index (χ0v) is 12.6. The molecule has 0 bridgehead atoms. The maximum Gasteiger partial charge on any atom is 0.253 e. The number of fused-ring (bicyclic) bond motifs is 1. The SMILES string of the molecule is N[C@@H](C(=O)N[C@H]1C(=O)N2C=C(Cl)CS[C@@H]12)c1ccccc1. The summed E-state index contributed by atoms with van der Waals surface area (Å²) in [4.78, 5) is 25.7. The number of hydrogen-bond acceptors (Lipinski definition) is 4. The van der Waals surface area contributed by atoms with Crippen molar-refractivity contribution < 1.29 is 9.59 Å². The Morgan fingerprint density at radius 2 is 2.14 bits per heavy atom. The molecule has 7 heteroatoms. The lowest BCUT2D eigenvalue weighted by atomic mass is 10.0. The summed E-state index contributed by atoms with van der Waals surface area (Å²) in [6, 6.07) is 7.77. The van der Waals surface area contributed by atoms with Gasteiger partial charge < -0.3 is 16.0 Å². The van der Waals surface area contributed by atoms with E-state index in [2.05, 4.69) is 5.32 Å². The summed E-state index contributed by atoms with van der Waals surface area (Å²) in [5.74, 6) is 0.145. The third-order valence-corrected chi connectivity index (χ3v) is 5.20. The van der Waals surface area contributed by atoms with Crippen molar-refractivity contribution in [2.75, 3.05) is 5.75 Å². The zero-order valence-electron chi connectivity index (χ0n) is 11.0. The smallest absolute Gasteiger partial charge is 0.253 e. The summed E-state index contributed by atoms with van der Waals surface area (Å²) in [6.45, 7) is 0. The number of thioether (sulfide) groups is 1. The van der Waals surface area contributed by atoms with Crippen molar-refractivity contribution in [2.45, 2.75) is 17.5 Å². The first kappa shape index (κ1) is 14.4. The van der Waals surface area contributed by atoms with Crippen LogP contribution < -0.4 is 11.1 Å². The lowest BCUT2D eigenvalue weighted by molar-refractivity contribution is -0.145. The first-order valence-electron chi connectivity index (χ1n) is 6.49. The molecule has 21 heavy (non-hydrogen) atoms. The average Bonchev–Trinajstić information content (AvgIpc) is 2.52. The molecule has 1 aromatic carbocycles. The molecule has 0 saturated carbocycles. The second-order valence-electron chi connectivity index (χ2n) is 4.90. The minimum absolute atomic E-state index is 0.0908. The van der Waals surface area contributed by atoms with Crippen LogP contribution in [-0.4, -0.2) is 33.9 Å². The van der Waals surface area contributed by atoms with Crippen LogP contribution in [0.3, 0.4) is 0 Å². The van der Waals surface area contributed by atoms with Crippen molar-refractivity contribution in [1.82, 2.24) is 10.2 Å². The first-order valence-corrected chi connectivity index (χ1v) is 7.91. The normalized spacial score (nSPS) is 25.5. The van der Waals surface area contributed by atoms with E-state index in [0.29, 0.717) is 10.8 Å². The summed E-state index contributed by atoms with van der Waals surface area (Å²) in [6.07, 6.45) is 1.63. The Labute approximate surface area is 131 Å². The number of carbonyl (C=O) groups is 2. The van der Waals surface area contributed by atoms with Crippen LogP contribution in [0.4, 0.5) is 0 Å². The zero-order chi connectivity index (χ0) is 15.0. The van der Waals surface area contributed by atoms with Gasteiger partial charge in [-0.05, 0) is 5.56 Å². The molecule has 2 amide bonds. The van der Waals surface area contributed by atoms with Crippen molar-refractivity contribution in [3.8, 4) is 0 Å². The molecule has 2 aliphatic rings. The highest BCUT2D eigenvalue weighted by Gasteiger charge is 2.49. The Morgan fingerprint density at radius 3 is 2.86 bits per heavy atom. The average molecular weight is 324 g/mol. The van der Waals surface area contributed by atoms with Crippen LogP contribution in [-0.2, 0) is 9.59 Å².